The summed E-state index contributed by atoms with van der Waals surface area (Å²) >= 11 is 7.14. The number of amides is 1. The third kappa shape index (κ3) is 5.11. The molecule has 1 aromatic carbocycles. The van der Waals surface area contributed by atoms with Crippen molar-refractivity contribution in [3.05, 3.63) is 46.7 Å². The predicted molar refractivity (Wildman–Crippen MR) is 106 cm³/mol. The van der Waals surface area contributed by atoms with Crippen molar-refractivity contribution < 1.29 is 9.53 Å². The van der Waals surface area contributed by atoms with E-state index < -0.39 is 0 Å². The SMILES string of the molecule is Cc1cc(C)n2nc(SCC(=O)N(C)CCOc3ccc(Cl)cc3)nc2n1. The number of aromatic nitrogens is 4. The molecule has 0 aliphatic heterocycles. The number of hydrogen-bond donors (Lipinski definition) is 0. The van der Waals surface area contributed by atoms with Crippen molar-refractivity contribution in [2.45, 2.75) is 19.0 Å². The first kappa shape index (κ1) is 19.4. The number of fused-ring (bicyclic) bond motifs is 1. The number of benzene rings is 1. The van der Waals surface area contributed by atoms with Crippen LogP contribution in [-0.4, -0.2) is 56.3 Å². The third-order valence-corrected chi connectivity index (χ3v) is 4.93. The zero-order valence-electron chi connectivity index (χ0n) is 15.3. The van der Waals surface area contributed by atoms with E-state index in [0.29, 0.717) is 29.1 Å². The molecule has 9 heteroatoms. The average molecular weight is 406 g/mol. The molecule has 0 aliphatic rings. The standard InChI is InChI=1S/C18H20ClN5O2S/c1-12-10-13(2)24-17(20-12)21-18(22-24)27-11-16(25)23(3)8-9-26-15-6-4-14(19)5-7-15/h4-7,10H,8-9,11H2,1-3H3. The molecular formula is C18H20ClN5O2S. The molecule has 0 aliphatic carbocycles. The van der Waals surface area contributed by atoms with E-state index >= 15 is 0 Å². The average Bonchev–Trinajstić information content (AvgIpc) is 3.04. The van der Waals surface area contributed by atoms with E-state index in [1.807, 2.05) is 19.9 Å². The Kier molecular flexibility index (Phi) is 6.18. The molecule has 0 bridgehead atoms. The van der Waals surface area contributed by atoms with Gasteiger partial charge in [-0.15, -0.1) is 5.10 Å². The Labute approximate surface area is 166 Å². The van der Waals surface area contributed by atoms with Gasteiger partial charge >= 0.3 is 0 Å². The molecule has 142 valence electrons. The number of halogens is 1. The van der Waals surface area contributed by atoms with Crippen LogP contribution in [0.5, 0.6) is 5.75 Å². The smallest absolute Gasteiger partial charge is 0.253 e. The minimum absolute atomic E-state index is 0.0144. The Bertz CT molecular complexity index is 945. The van der Waals surface area contributed by atoms with Crippen LogP contribution in [0.3, 0.4) is 0 Å². The maximum Gasteiger partial charge on any atom is 0.253 e. The Morgan fingerprint density at radius 1 is 1.26 bits per heavy atom. The highest BCUT2D eigenvalue weighted by atomic mass is 35.5. The number of carbonyl (C=O) groups excluding carboxylic acids is 1. The summed E-state index contributed by atoms with van der Waals surface area (Å²) in [6.45, 7) is 4.76. The lowest BCUT2D eigenvalue weighted by Crippen LogP contribution is -2.32. The number of likely N-dealkylation sites (N-methyl/N-ethyl adjacent to an activating group) is 1. The summed E-state index contributed by atoms with van der Waals surface area (Å²) in [6.07, 6.45) is 0. The fraction of sp³-hybridized carbons (Fsp3) is 0.333. The van der Waals surface area contributed by atoms with Crippen molar-refractivity contribution in [2.75, 3.05) is 26.0 Å². The highest BCUT2D eigenvalue weighted by molar-refractivity contribution is 7.99. The van der Waals surface area contributed by atoms with Crippen molar-refractivity contribution >= 4 is 35.0 Å². The van der Waals surface area contributed by atoms with Crippen LogP contribution >= 0.6 is 23.4 Å². The van der Waals surface area contributed by atoms with Crippen LogP contribution in [0.1, 0.15) is 11.4 Å². The van der Waals surface area contributed by atoms with E-state index in [1.165, 1.54) is 11.8 Å². The second-order valence-corrected chi connectivity index (χ2v) is 7.43. The predicted octanol–water partition coefficient (Wildman–Crippen LogP) is 3.02. The van der Waals surface area contributed by atoms with Gasteiger partial charge in [0.15, 0.2) is 0 Å². The van der Waals surface area contributed by atoms with E-state index in [9.17, 15) is 4.79 Å². The van der Waals surface area contributed by atoms with Crippen LogP contribution in [-0.2, 0) is 4.79 Å². The monoisotopic (exact) mass is 405 g/mol. The van der Waals surface area contributed by atoms with Gasteiger partial charge < -0.3 is 9.64 Å². The second kappa shape index (κ2) is 8.58. The first-order valence-corrected chi connectivity index (χ1v) is 9.75. The minimum Gasteiger partial charge on any atom is -0.492 e. The fourth-order valence-corrected chi connectivity index (χ4v) is 3.29. The molecule has 0 N–H and O–H groups in total. The molecule has 0 atom stereocenters. The Hall–Kier alpha value is -2.32. The zero-order chi connectivity index (χ0) is 19.4. The van der Waals surface area contributed by atoms with E-state index in [1.54, 1.807) is 40.7 Å². The number of ether oxygens (including phenoxy) is 1. The van der Waals surface area contributed by atoms with Crippen LogP contribution in [0.15, 0.2) is 35.5 Å². The second-order valence-electron chi connectivity index (χ2n) is 6.05. The first-order valence-electron chi connectivity index (χ1n) is 8.38. The number of hydrogen-bond acceptors (Lipinski definition) is 6. The lowest BCUT2D eigenvalue weighted by Gasteiger charge is -2.17. The van der Waals surface area contributed by atoms with Crippen LogP contribution < -0.4 is 4.74 Å². The molecule has 0 spiro atoms. The van der Waals surface area contributed by atoms with Crippen LogP contribution in [0.2, 0.25) is 5.02 Å². The molecule has 2 aromatic heterocycles. The summed E-state index contributed by atoms with van der Waals surface area (Å²) in [5.74, 6) is 1.51. The Balaban J connectivity index is 1.48. The Morgan fingerprint density at radius 3 is 2.74 bits per heavy atom. The molecule has 1 amide bonds. The number of nitrogens with zero attached hydrogens (tertiary/aromatic N) is 5. The molecule has 0 fully saturated rings. The maximum absolute atomic E-state index is 12.3. The third-order valence-electron chi connectivity index (χ3n) is 3.86. The van der Waals surface area contributed by atoms with Crippen molar-refractivity contribution in [2.24, 2.45) is 0 Å². The summed E-state index contributed by atoms with van der Waals surface area (Å²) in [6, 6.07) is 9.07. The van der Waals surface area contributed by atoms with Gasteiger partial charge in [0.1, 0.15) is 12.4 Å². The van der Waals surface area contributed by atoms with Crippen LogP contribution in [0.25, 0.3) is 5.78 Å². The van der Waals surface area contributed by atoms with Gasteiger partial charge in [-0.2, -0.15) is 4.98 Å². The topological polar surface area (TPSA) is 72.6 Å². The molecule has 27 heavy (non-hydrogen) atoms. The van der Waals surface area contributed by atoms with Crippen LogP contribution in [0.4, 0.5) is 0 Å². The number of rotatable bonds is 7. The van der Waals surface area contributed by atoms with Gasteiger partial charge in [0.05, 0.1) is 12.3 Å². The summed E-state index contributed by atoms with van der Waals surface area (Å²) in [7, 11) is 1.75. The maximum atomic E-state index is 12.3. The minimum atomic E-state index is -0.0144. The zero-order valence-corrected chi connectivity index (χ0v) is 16.9. The summed E-state index contributed by atoms with van der Waals surface area (Å²) < 4.78 is 7.30. The Morgan fingerprint density at radius 2 is 2.00 bits per heavy atom. The largest absolute Gasteiger partial charge is 0.492 e. The highest BCUT2D eigenvalue weighted by Gasteiger charge is 2.13. The molecule has 0 saturated heterocycles. The molecule has 3 aromatic rings. The van der Waals surface area contributed by atoms with Crippen molar-refractivity contribution in [3.8, 4) is 5.75 Å². The number of carbonyl (C=O) groups is 1. The van der Waals surface area contributed by atoms with Gasteiger partial charge in [-0.3, -0.25) is 4.79 Å². The van der Waals surface area contributed by atoms with E-state index in [2.05, 4.69) is 15.1 Å². The summed E-state index contributed by atoms with van der Waals surface area (Å²) in [5.41, 5.74) is 1.85. The van der Waals surface area contributed by atoms with Gasteiger partial charge in [-0.25, -0.2) is 9.50 Å². The quantitative estimate of drug-likeness (QED) is 0.562. The lowest BCUT2D eigenvalue weighted by molar-refractivity contribution is -0.127. The molecule has 0 saturated carbocycles. The highest BCUT2D eigenvalue weighted by Crippen LogP contribution is 2.17. The fourth-order valence-electron chi connectivity index (χ4n) is 2.40. The van der Waals surface area contributed by atoms with Gasteiger partial charge in [0.2, 0.25) is 11.1 Å². The van der Waals surface area contributed by atoms with Gasteiger partial charge in [0.25, 0.3) is 5.78 Å². The molecular weight excluding hydrogens is 386 g/mol. The van der Waals surface area contributed by atoms with Crippen LogP contribution in [0, 0.1) is 13.8 Å². The molecule has 2 heterocycles. The van der Waals surface area contributed by atoms with E-state index in [-0.39, 0.29) is 11.7 Å². The summed E-state index contributed by atoms with van der Waals surface area (Å²) in [4.78, 5) is 22.6. The lowest BCUT2D eigenvalue weighted by atomic mass is 10.3. The van der Waals surface area contributed by atoms with Crippen molar-refractivity contribution in [1.82, 2.24) is 24.5 Å². The van der Waals surface area contributed by atoms with E-state index in [4.69, 9.17) is 16.3 Å². The van der Waals surface area contributed by atoms with Gasteiger partial charge in [0, 0.05) is 23.5 Å². The van der Waals surface area contributed by atoms with Gasteiger partial charge in [-0.05, 0) is 44.2 Å². The van der Waals surface area contributed by atoms with E-state index in [0.717, 1.165) is 17.1 Å². The van der Waals surface area contributed by atoms with Crippen molar-refractivity contribution in [1.29, 1.82) is 0 Å². The molecule has 0 radical (unpaired) electrons. The van der Waals surface area contributed by atoms with Gasteiger partial charge in [-0.1, -0.05) is 23.4 Å². The normalized spacial score (nSPS) is 11.0. The molecule has 3 rings (SSSR count). The summed E-state index contributed by atoms with van der Waals surface area (Å²) in [5, 5.41) is 5.59. The first-order chi connectivity index (χ1) is 12.9. The molecule has 0 unspecified atom stereocenters. The molecule has 7 nitrogen and oxygen atoms in total. The van der Waals surface area contributed by atoms with Crippen molar-refractivity contribution in [3.63, 3.8) is 0 Å². The number of aryl methyl sites for hydroxylation is 2. The number of thioether (sulfide) groups is 1.